The van der Waals surface area contributed by atoms with Crippen LogP contribution < -0.4 is 0 Å². The number of aromatic nitrogens is 2. The first-order valence-corrected chi connectivity index (χ1v) is 4.50. The van der Waals surface area contributed by atoms with E-state index in [0.29, 0.717) is 5.92 Å². The van der Waals surface area contributed by atoms with Gasteiger partial charge in [-0.05, 0) is 28.3 Å². The largest absolute Gasteiger partial charge is 0.260 e. The molecular formula is C8H11BrN2. The zero-order valence-electron chi connectivity index (χ0n) is 6.71. The van der Waals surface area contributed by atoms with Crippen LogP contribution in [0.5, 0.6) is 0 Å². The van der Waals surface area contributed by atoms with Crippen LogP contribution in [0.1, 0.15) is 31.9 Å². The van der Waals surface area contributed by atoms with Crippen molar-refractivity contribution < 1.29 is 0 Å². The van der Waals surface area contributed by atoms with Gasteiger partial charge in [-0.15, -0.1) is 0 Å². The normalized spacial score (nSPS) is 13.0. The molecule has 0 spiro atoms. The van der Waals surface area contributed by atoms with Crippen molar-refractivity contribution in [3.63, 3.8) is 0 Å². The van der Waals surface area contributed by atoms with Gasteiger partial charge in [0.05, 0.1) is 11.9 Å². The molecule has 1 atom stereocenters. The second-order valence-corrected chi connectivity index (χ2v) is 3.39. The summed E-state index contributed by atoms with van der Waals surface area (Å²) in [5.74, 6) is 0.500. The van der Waals surface area contributed by atoms with Crippen LogP contribution in [0, 0.1) is 0 Å². The van der Waals surface area contributed by atoms with Crippen molar-refractivity contribution in [3.05, 3.63) is 22.7 Å². The van der Waals surface area contributed by atoms with Crippen LogP contribution in [-0.4, -0.2) is 9.97 Å². The molecule has 1 aromatic rings. The molecule has 0 saturated heterocycles. The first-order valence-electron chi connectivity index (χ1n) is 3.71. The topological polar surface area (TPSA) is 25.8 Å². The Morgan fingerprint density at radius 2 is 2.27 bits per heavy atom. The second kappa shape index (κ2) is 3.81. The predicted octanol–water partition coefficient (Wildman–Crippen LogP) is 2.75. The minimum absolute atomic E-state index is 0.500. The summed E-state index contributed by atoms with van der Waals surface area (Å²) in [5.41, 5.74) is 1.06. The molecule has 11 heavy (non-hydrogen) atoms. The van der Waals surface area contributed by atoms with Crippen LogP contribution in [-0.2, 0) is 0 Å². The third kappa shape index (κ3) is 2.26. The van der Waals surface area contributed by atoms with E-state index in [9.17, 15) is 0 Å². The first-order chi connectivity index (χ1) is 5.24. The van der Waals surface area contributed by atoms with Gasteiger partial charge in [-0.3, -0.25) is 4.98 Å². The number of hydrogen-bond acceptors (Lipinski definition) is 2. The van der Waals surface area contributed by atoms with Gasteiger partial charge in [-0.1, -0.05) is 13.8 Å². The molecule has 2 nitrogen and oxygen atoms in total. The quantitative estimate of drug-likeness (QED) is 0.757. The number of hydrogen-bond donors (Lipinski definition) is 0. The summed E-state index contributed by atoms with van der Waals surface area (Å²) in [6.07, 6.45) is 4.62. The van der Waals surface area contributed by atoms with Crippen molar-refractivity contribution in [1.82, 2.24) is 9.97 Å². The fraction of sp³-hybridized carbons (Fsp3) is 0.500. The minimum Gasteiger partial charge on any atom is -0.260 e. The Bertz CT molecular complexity index is 237. The van der Waals surface area contributed by atoms with E-state index in [1.165, 1.54) is 0 Å². The van der Waals surface area contributed by atoms with E-state index in [0.717, 1.165) is 16.7 Å². The van der Waals surface area contributed by atoms with Crippen molar-refractivity contribution >= 4 is 15.9 Å². The zero-order valence-corrected chi connectivity index (χ0v) is 8.30. The first kappa shape index (κ1) is 8.65. The third-order valence-corrected chi connectivity index (χ3v) is 2.12. The number of nitrogens with zero attached hydrogens (tertiary/aromatic N) is 2. The molecule has 3 heteroatoms. The highest BCUT2D eigenvalue weighted by atomic mass is 79.9. The van der Waals surface area contributed by atoms with Crippen molar-refractivity contribution in [2.24, 2.45) is 0 Å². The summed E-state index contributed by atoms with van der Waals surface area (Å²) in [7, 11) is 0. The molecule has 0 saturated carbocycles. The van der Waals surface area contributed by atoms with Gasteiger partial charge in [-0.25, -0.2) is 4.98 Å². The van der Waals surface area contributed by atoms with Gasteiger partial charge in [0.25, 0.3) is 0 Å². The monoisotopic (exact) mass is 214 g/mol. The Balaban J connectivity index is 2.86. The van der Waals surface area contributed by atoms with Crippen molar-refractivity contribution in [1.29, 1.82) is 0 Å². The van der Waals surface area contributed by atoms with E-state index in [2.05, 4.69) is 39.7 Å². The molecule has 0 N–H and O–H groups in total. The maximum Gasteiger partial charge on any atom is 0.124 e. The molecule has 1 unspecified atom stereocenters. The third-order valence-electron chi connectivity index (χ3n) is 1.74. The number of halogens is 1. The van der Waals surface area contributed by atoms with Crippen LogP contribution in [0.15, 0.2) is 17.0 Å². The molecule has 1 rings (SSSR count). The molecule has 0 amide bonds. The van der Waals surface area contributed by atoms with Gasteiger partial charge >= 0.3 is 0 Å². The molecular weight excluding hydrogens is 204 g/mol. The van der Waals surface area contributed by atoms with E-state index < -0.39 is 0 Å². The maximum atomic E-state index is 4.30. The van der Waals surface area contributed by atoms with Gasteiger partial charge in [0.15, 0.2) is 0 Å². The molecule has 0 fully saturated rings. The summed E-state index contributed by atoms with van der Waals surface area (Å²) in [6, 6.07) is 0. The predicted molar refractivity (Wildman–Crippen MR) is 48.4 cm³/mol. The van der Waals surface area contributed by atoms with Crippen molar-refractivity contribution in [2.45, 2.75) is 26.2 Å². The van der Waals surface area contributed by atoms with Crippen molar-refractivity contribution in [2.75, 3.05) is 0 Å². The smallest absolute Gasteiger partial charge is 0.124 e. The van der Waals surface area contributed by atoms with Gasteiger partial charge in [0, 0.05) is 6.20 Å². The van der Waals surface area contributed by atoms with Crippen LogP contribution >= 0.6 is 15.9 Å². The van der Waals surface area contributed by atoms with Gasteiger partial charge < -0.3 is 0 Å². The van der Waals surface area contributed by atoms with Crippen LogP contribution in [0.4, 0.5) is 0 Å². The van der Waals surface area contributed by atoms with Crippen LogP contribution in [0.25, 0.3) is 0 Å². The van der Waals surface area contributed by atoms with E-state index in [-0.39, 0.29) is 0 Å². The lowest BCUT2D eigenvalue weighted by molar-refractivity contribution is 0.700. The van der Waals surface area contributed by atoms with E-state index >= 15 is 0 Å². The summed E-state index contributed by atoms with van der Waals surface area (Å²) in [4.78, 5) is 8.34. The maximum absolute atomic E-state index is 4.30. The van der Waals surface area contributed by atoms with E-state index in [4.69, 9.17) is 0 Å². The van der Waals surface area contributed by atoms with Gasteiger partial charge in [0.2, 0.25) is 0 Å². The molecule has 0 aliphatic carbocycles. The standard InChI is InChI=1S/C8H11BrN2/c1-3-6(2)7-4-10-5-8(9)11-7/h4-6H,3H2,1-2H3. The molecule has 1 heterocycles. The molecule has 0 aliphatic rings. The van der Waals surface area contributed by atoms with Gasteiger partial charge in [-0.2, -0.15) is 0 Å². The Morgan fingerprint density at radius 3 is 2.82 bits per heavy atom. The minimum atomic E-state index is 0.500. The molecule has 1 aromatic heterocycles. The fourth-order valence-corrected chi connectivity index (χ4v) is 1.13. The van der Waals surface area contributed by atoms with E-state index in [1.54, 1.807) is 6.20 Å². The Kier molecular flexibility index (Phi) is 3.00. The van der Waals surface area contributed by atoms with Crippen molar-refractivity contribution in [3.8, 4) is 0 Å². The lowest BCUT2D eigenvalue weighted by atomic mass is 10.1. The van der Waals surface area contributed by atoms with E-state index in [1.807, 2.05) is 6.20 Å². The lowest BCUT2D eigenvalue weighted by Crippen LogP contribution is -1.96. The lowest BCUT2D eigenvalue weighted by Gasteiger charge is -2.05. The molecule has 0 radical (unpaired) electrons. The Morgan fingerprint density at radius 1 is 1.55 bits per heavy atom. The second-order valence-electron chi connectivity index (χ2n) is 2.58. The zero-order chi connectivity index (χ0) is 8.27. The van der Waals surface area contributed by atoms with Crippen LogP contribution in [0.2, 0.25) is 0 Å². The summed E-state index contributed by atoms with van der Waals surface area (Å²) in [5, 5.41) is 0. The highest BCUT2D eigenvalue weighted by Gasteiger charge is 2.04. The number of rotatable bonds is 2. The van der Waals surface area contributed by atoms with Gasteiger partial charge in [0.1, 0.15) is 4.60 Å². The average Bonchev–Trinajstić information content (AvgIpc) is 2.03. The molecule has 0 bridgehead atoms. The molecule has 0 aliphatic heterocycles. The summed E-state index contributed by atoms with van der Waals surface area (Å²) in [6.45, 7) is 4.30. The highest BCUT2D eigenvalue weighted by Crippen LogP contribution is 2.16. The summed E-state index contributed by atoms with van der Waals surface area (Å²) < 4.78 is 0.815. The SMILES string of the molecule is CCC(C)c1cncc(Br)n1. The fourth-order valence-electron chi connectivity index (χ4n) is 0.803. The van der Waals surface area contributed by atoms with Crippen LogP contribution in [0.3, 0.4) is 0 Å². The summed E-state index contributed by atoms with van der Waals surface area (Å²) >= 11 is 3.29. The average molecular weight is 215 g/mol. The Labute approximate surface area is 75.2 Å². The Hall–Kier alpha value is -0.440. The highest BCUT2D eigenvalue weighted by molar-refractivity contribution is 9.10. The molecule has 0 aromatic carbocycles. The molecule has 60 valence electrons.